The zero-order chi connectivity index (χ0) is 44.1. The van der Waals surface area contributed by atoms with E-state index in [1.54, 1.807) is 30.5 Å². The smallest absolute Gasteiger partial charge is 0.178 e. The van der Waals surface area contributed by atoms with Gasteiger partial charge in [-0.05, 0) is 133 Å². The molecule has 0 saturated heterocycles. The maximum Gasteiger partial charge on any atom is 0.178 e. The van der Waals surface area contributed by atoms with Crippen LogP contribution >= 0.6 is 15.9 Å². The number of para-hydroxylation sites is 1. The number of aromatic nitrogens is 1. The average molecular weight is 943 g/mol. The molecular weight excluding hydrogens is 883 g/mol. The highest BCUT2D eigenvalue weighted by Crippen LogP contribution is 2.59. The number of ether oxygens (including phenoxy) is 3. The van der Waals surface area contributed by atoms with Gasteiger partial charge >= 0.3 is 0 Å². The molecule has 6 heterocycles. The first-order valence-electron chi connectivity index (χ1n) is 22.0. The number of nitrogens with zero attached hydrogens (tertiary/aromatic N) is 1. The van der Waals surface area contributed by atoms with Crippen molar-refractivity contribution in [2.75, 3.05) is 31.3 Å². The number of halogens is 1. The summed E-state index contributed by atoms with van der Waals surface area (Å²) in [6.07, 6.45) is 10.1. The first-order valence-corrected chi connectivity index (χ1v) is 26.1. The number of pyridine rings is 1. The van der Waals surface area contributed by atoms with Gasteiger partial charge in [0.05, 0.1) is 41.1 Å². The average Bonchev–Trinajstić information content (AvgIpc) is 4.07. The highest BCUT2D eigenvalue weighted by molar-refractivity contribution is 9.10. The van der Waals surface area contributed by atoms with Gasteiger partial charge in [-0.15, -0.1) is 0 Å². The summed E-state index contributed by atoms with van der Waals surface area (Å²) in [6, 6.07) is 31.2. The normalized spacial score (nSPS) is 24.5. The molecule has 11 rings (SSSR count). The largest absolute Gasteiger partial charge is 0.493 e. The van der Waals surface area contributed by atoms with E-state index in [0.717, 1.165) is 78.4 Å². The van der Waals surface area contributed by atoms with Crippen LogP contribution in [0.15, 0.2) is 124 Å². The maximum atomic E-state index is 11.6. The fourth-order valence-corrected chi connectivity index (χ4v) is 12.8. The van der Waals surface area contributed by atoms with Crippen LogP contribution < -0.4 is 14.2 Å². The monoisotopic (exact) mass is 941 g/mol. The van der Waals surface area contributed by atoms with E-state index < -0.39 is 19.7 Å². The van der Waals surface area contributed by atoms with Crippen molar-refractivity contribution in [3.8, 4) is 17.2 Å². The Morgan fingerprint density at radius 1 is 0.548 bits per heavy atom. The van der Waals surface area contributed by atoms with Crippen molar-refractivity contribution in [3.05, 3.63) is 142 Å². The third-order valence-corrected chi connectivity index (χ3v) is 17.5. The molecule has 0 radical (unpaired) electrons. The lowest BCUT2D eigenvalue weighted by Gasteiger charge is -2.31. The molecule has 11 heteroatoms. The molecule has 1 aliphatic carbocycles. The van der Waals surface area contributed by atoms with E-state index >= 15 is 0 Å². The highest BCUT2D eigenvalue weighted by atomic mass is 79.9. The Morgan fingerprint density at radius 2 is 1.03 bits per heavy atom. The maximum absolute atomic E-state index is 11.6. The molecule has 8 nitrogen and oxygen atoms in total. The fraction of sp³-hybridized carbons (Fsp3) is 0.431. The van der Waals surface area contributed by atoms with Gasteiger partial charge in [-0.2, -0.15) is 0 Å². The number of sulfone groups is 2. The molecule has 330 valence electrons. The fourth-order valence-electron chi connectivity index (χ4n) is 8.86. The molecule has 62 heavy (non-hydrogen) atoms. The van der Waals surface area contributed by atoms with E-state index in [9.17, 15) is 16.8 Å². The molecular formula is C51H60BrNO7S2. The van der Waals surface area contributed by atoms with Gasteiger partial charge in [0.25, 0.3) is 0 Å². The summed E-state index contributed by atoms with van der Waals surface area (Å²) in [5.41, 5.74) is 6.43. The minimum atomic E-state index is -2.97. The van der Waals surface area contributed by atoms with E-state index in [-0.39, 0.29) is 0 Å². The van der Waals surface area contributed by atoms with Crippen molar-refractivity contribution >= 4 is 35.6 Å². The van der Waals surface area contributed by atoms with Gasteiger partial charge in [0.1, 0.15) is 17.2 Å². The van der Waals surface area contributed by atoms with Crippen molar-refractivity contribution in [1.82, 2.24) is 4.98 Å². The highest BCUT2D eigenvalue weighted by Gasteiger charge is 2.51. The van der Waals surface area contributed by atoms with Crippen LogP contribution in [0.4, 0.5) is 0 Å². The minimum absolute atomic E-state index is 0.297. The molecule has 0 amide bonds. The molecule has 5 aromatic rings. The van der Waals surface area contributed by atoms with Crippen LogP contribution in [-0.4, -0.2) is 53.1 Å². The van der Waals surface area contributed by atoms with Gasteiger partial charge in [-0.25, -0.2) is 16.8 Å². The van der Waals surface area contributed by atoms with E-state index in [0.29, 0.717) is 56.3 Å². The Balaban J connectivity index is 0.000000117. The summed E-state index contributed by atoms with van der Waals surface area (Å²) in [5, 5.41) is 0. The number of rotatable bonds is 0. The van der Waals surface area contributed by atoms with E-state index in [4.69, 9.17) is 14.2 Å². The summed E-state index contributed by atoms with van der Waals surface area (Å²) in [5.74, 6) is 6.44. The van der Waals surface area contributed by atoms with Crippen LogP contribution in [0.2, 0.25) is 0 Å². The molecule has 5 aliphatic heterocycles. The summed E-state index contributed by atoms with van der Waals surface area (Å²) < 4.78 is 64.4. The Labute approximate surface area is 377 Å². The van der Waals surface area contributed by atoms with E-state index in [1.165, 1.54) is 29.5 Å². The minimum Gasteiger partial charge on any atom is -0.493 e. The molecule has 6 aliphatic rings. The summed E-state index contributed by atoms with van der Waals surface area (Å²) in [7, 11) is -5.95. The van der Waals surface area contributed by atoms with Crippen LogP contribution in [0.1, 0.15) is 131 Å². The summed E-state index contributed by atoms with van der Waals surface area (Å²) in [6.45, 7) is 13.6. The second-order valence-electron chi connectivity index (χ2n) is 17.7. The second kappa shape index (κ2) is 19.7. The Hall–Kier alpha value is -4.19. The topological polar surface area (TPSA) is 109 Å². The van der Waals surface area contributed by atoms with Gasteiger partial charge in [-0.3, -0.25) is 4.98 Å². The third kappa shape index (κ3) is 10.6. The number of fused-ring (bicyclic) bond motifs is 5. The SMILES string of the molecule is CC1c2cc(Br)ccc2OCC12CC2.C[C@@H]1CCOc2ccccc21.C[C@@H]1CCS(=O)(=O)c2ccccc21.C[C@H]1CCOc2ccncc21.C[C@H]1CCS(=O)(=O)c2ccccc21. The second-order valence-corrected chi connectivity index (χ2v) is 22.7. The molecule has 0 bridgehead atoms. The van der Waals surface area contributed by atoms with Gasteiger partial charge in [0, 0.05) is 27.8 Å². The lowest BCUT2D eigenvalue weighted by molar-refractivity contribution is 0.182. The van der Waals surface area contributed by atoms with Crippen molar-refractivity contribution in [3.63, 3.8) is 0 Å². The zero-order valence-corrected chi connectivity index (χ0v) is 39.8. The first kappa shape index (κ1) is 45.8. The predicted octanol–water partition coefficient (Wildman–Crippen LogP) is 12.2. The summed E-state index contributed by atoms with van der Waals surface area (Å²) >= 11 is 3.52. The zero-order valence-electron chi connectivity index (χ0n) is 36.6. The van der Waals surface area contributed by atoms with Gasteiger partial charge in [-0.1, -0.05) is 105 Å². The standard InChI is InChI=1S/C12H13BrO.2C10H12O2S.C10H12O.C9H11NO/c1-8-10-6-9(13)2-3-11(10)14-7-12(8)4-5-12;2*1-8-6-7-13(11,12)10-5-3-2-4-9(8)10;1-8-6-7-11-10-5-3-2-4-9(8)10;1-7-3-5-11-9-2-4-10-6-8(7)9/h2-3,6,8H,4-5,7H2,1H3;2*2-5,8H,6-7H2,1H3;2-5,8H,6-7H2,1H3;2,4,6-7H,3,5H2,1H3/t;3*8-;7-/m.1010/s1. The van der Waals surface area contributed by atoms with E-state index in [1.807, 2.05) is 48.7 Å². The number of benzene rings is 4. The van der Waals surface area contributed by atoms with Crippen molar-refractivity contribution in [1.29, 1.82) is 0 Å². The quantitative estimate of drug-likeness (QED) is 0.151. The van der Waals surface area contributed by atoms with E-state index in [2.05, 4.69) is 85.9 Å². The van der Waals surface area contributed by atoms with Gasteiger partial charge in [0.2, 0.25) is 0 Å². The molecule has 1 fully saturated rings. The molecule has 5 atom stereocenters. The molecule has 1 unspecified atom stereocenters. The lowest BCUT2D eigenvalue weighted by Crippen LogP contribution is -2.25. The Morgan fingerprint density at radius 3 is 1.56 bits per heavy atom. The predicted molar refractivity (Wildman–Crippen MR) is 251 cm³/mol. The van der Waals surface area contributed by atoms with Crippen molar-refractivity contribution in [2.45, 2.75) is 113 Å². The van der Waals surface area contributed by atoms with Crippen LogP contribution in [0, 0.1) is 5.41 Å². The Bertz CT molecular complexity index is 2420. The van der Waals surface area contributed by atoms with Crippen molar-refractivity contribution in [2.24, 2.45) is 5.41 Å². The third-order valence-electron chi connectivity index (χ3n) is 13.4. The van der Waals surface area contributed by atoms with Crippen LogP contribution in [0.25, 0.3) is 0 Å². The molecule has 0 N–H and O–H groups in total. The van der Waals surface area contributed by atoms with Crippen molar-refractivity contribution < 1.29 is 31.0 Å². The van der Waals surface area contributed by atoms with Crippen LogP contribution in [0.5, 0.6) is 17.2 Å². The number of hydrogen-bond acceptors (Lipinski definition) is 8. The molecule has 1 aromatic heterocycles. The van der Waals surface area contributed by atoms with Crippen LogP contribution in [0.3, 0.4) is 0 Å². The summed E-state index contributed by atoms with van der Waals surface area (Å²) in [4.78, 5) is 5.14. The molecule has 4 aromatic carbocycles. The first-order chi connectivity index (χ1) is 29.7. The van der Waals surface area contributed by atoms with Crippen LogP contribution in [-0.2, 0) is 19.7 Å². The molecule has 1 saturated carbocycles. The van der Waals surface area contributed by atoms with Gasteiger partial charge < -0.3 is 14.2 Å². The Kier molecular flexibility index (Phi) is 14.5. The number of hydrogen-bond donors (Lipinski definition) is 0. The van der Waals surface area contributed by atoms with Gasteiger partial charge in [0.15, 0.2) is 19.7 Å². The molecule has 1 spiro atoms. The lowest BCUT2D eigenvalue weighted by atomic mass is 9.83.